The first-order chi connectivity index (χ1) is 15.5. The number of fused-ring (bicyclic) bond motifs is 1. The number of halogens is 1. The molecule has 9 heteroatoms. The summed E-state index contributed by atoms with van der Waals surface area (Å²) in [6, 6.07) is 13.3. The molecule has 2 aliphatic heterocycles. The smallest absolute Gasteiger partial charge is 0.277 e. The van der Waals surface area contributed by atoms with Crippen molar-refractivity contribution in [3.8, 4) is 5.69 Å². The van der Waals surface area contributed by atoms with E-state index in [9.17, 15) is 19.1 Å². The van der Waals surface area contributed by atoms with Crippen LogP contribution < -0.4 is 15.5 Å². The maximum absolute atomic E-state index is 14.5. The molecule has 2 aromatic carbocycles. The Morgan fingerprint density at radius 3 is 2.47 bits per heavy atom. The van der Waals surface area contributed by atoms with Gasteiger partial charge in [-0.1, -0.05) is 12.1 Å². The summed E-state index contributed by atoms with van der Waals surface area (Å²) >= 11 is 0. The fraction of sp³-hybridized carbons (Fsp3) is 0.261. The van der Waals surface area contributed by atoms with E-state index in [0.29, 0.717) is 24.2 Å². The summed E-state index contributed by atoms with van der Waals surface area (Å²) in [5, 5.41) is 14.3. The van der Waals surface area contributed by atoms with Crippen LogP contribution in [0.15, 0.2) is 48.5 Å². The van der Waals surface area contributed by atoms with Gasteiger partial charge in [-0.05, 0) is 55.7 Å². The van der Waals surface area contributed by atoms with Gasteiger partial charge in [-0.3, -0.25) is 9.59 Å². The molecule has 1 fully saturated rings. The van der Waals surface area contributed by atoms with E-state index in [1.807, 2.05) is 29.2 Å². The summed E-state index contributed by atoms with van der Waals surface area (Å²) in [4.78, 5) is 28.9. The SMILES string of the molecule is NC(=O)c1nn(-c2ccccc2F)c2c1CCN(c1ccc(N3CCCC3O)cc1)C2=O. The quantitative estimate of drug-likeness (QED) is 0.654. The highest BCUT2D eigenvalue weighted by molar-refractivity contribution is 6.09. The van der Waals surface area contributed by atoms with Crippen molar-refractivity contribution in [3.63, 3.8) is 0 Å². The second-order valence-electron chi connectivity index (χ2n) is 7.94. The molecule has 2 amide bonds. The van der Waals surface area contributed by atoms with Crippen LogP contribution in [0.4, 0.5) is 15.8 Å². The van der Waals surface area contributed by atoms with Gasteiger partial charge in [-0.25, -0.2) is 9.07 Å². The number of rotatable bonds is 4. The standard InChI is InChI=1S/C23H22FN5O3/c24-17-4-1-2-5-18(17)29-21-16(20(26-29)22(25)31)11-13-28(23(21)32)15-9-7-14(8-10-15)27-12-3-6-19(27)30/h1-2,4-5,7-10,19,30H,3,6,11-13H2,(H2,25,31). The van der Waals surface area contributed by atoms with E-state index in [4.69, 9.17) is 5.73 Å². The van der Waals surface area contributed by atoms with Gasteiger partial charge in [0, 0.05) is 30.0 Å². The molecule has 0 aliphatic carbocycles. The first-order valence-corrected chi connectivity index (χ1v) is 10.5. The highest BCUT2D eigenvalue weighted by atomic mass is 19.1. The molecule has 1 aromatic heterocycles. The van der Waals surface area contributed by atoms with Gasteiger partial charge in [0.05, 0.1) is 0 Å². The number of benzene rings is 2. The Morgan fingerprint density at radius 2 is 1.81 bits per heavy atom. The van der Waals surface area contributed by atoms with E-state index < -0.39 is 18.0 Å². The van der Waals surface area contributed by atoms with Crippen LogP contribution in [0.1, 0.15) is 39.4 Å². The molecule has 1 saturated heterocycles. The fourth-order valence-electron chi connectivity index (χ4n) is 4.48. The normalized spacial score (nSPS) is 18.2. The van der Waals surface area contributed by atoms with E-state index in [-0.39, 0.29) is 23.0 Å². The maximum Gasteiger partial charge on any atom is 0.277 e. The van der Waals surface area contributed by atoms with Crippen molar-refractivity contribution in [1.82, 2.24) is 9.78 Å². The minimum Gasteiger partial charge on any atom is -0.374 e. The summed E-state index contributed by atoms with van der Waals surface area (Å²) in [5.41, 5.74) is 7.66. The summed E-state index contributed by atoms with van der Waals surface area (Å²) in [5.74, 6) is -1.71. The molecule has 164 valence electrons. The van der Waals surface area contributed by atoms with Gasteiger partial charge in [-0.2, -0.15) is 5.10 Å². The van der Waals surface area contributed by atoms with Crippen LogP contribution in [0.5, 0.6) is 0 Å². The Balaban J connectivity index is 1.53. The molecular weight excluding hydrogens is 413 g/mol. The summed E-state index contributed by atoms with van der Waals surface area (Å²) in [6.07, 6.45) is 1.53. The number of aromatic nitrogens is 2. The Kier molecular flexibility index (Phi) is 4.90. The van der Waals surface area contributed by atoms with Crippen LogP contribution in [-0.2, 0) is 6.42 Å². The van der Waals surface area contributed by atoms with Crippen LogP contribution in [0.25, 0.3) is 5.69 Å². The number of carbonyl (C=O) groups is 2. The molecule has 1 atom stereocenters. The predicted octanol–water partition coefficient (Wildman–Crippen LogP) is 2.23. The number of hydrogen-bond acceptors (Lipinski definition) is 5. The second-order valence-corrected chi connectivity index (χ2v) is 7.94. The molecule has 3 heterocycles. The lowest BCUT2D eigenvalue weighted by Gasteiger charge is -2.29. The molecule has 0 radical (unpaired) electrons. The molecule has 3 N–H and O–H groups in total. The Hall–Kier alpha value is -3.72. The first-order valence-electron chi connectivity index (χ1n) is 10.5. The second kappa shape index (κ2) is 7.76. The third-order valence-electron chi connectivity index (χ3n) is 6.04. The minimum atomic E-state index is -0.758. The van der Waals surface area contributed by atoms with Crippen molar-refractivity contribution in [2.75, 3.05) is 22.9 Å². The largest absolute Gasteiger partial charge is 0.374 e. The number of amides is 2. The number of nitrogens with zero attached hydrogens (tertiary/aromatic N) is 4. The lowest BCUT2D eigenvalue weighted by molar-refractivity contribution is 0.0972. The predicted molar refractivity (Wildman–Crippen MR) is 116 cm³/mol. The van der Waals surface area contributed by atoms with Crippen molar-refractivity contribution in [2.24, 2.45) is 5.73 Å². The number of anilines is 2. The number of aliphatic hydroxyl groups is 1. The van der Waals surface area contributed by atoms with Gasteiger partial charge < -0.3 is 20.6 Å². The molecule has 1 unspecified atom stereocenters. The van der Waals surface area contributed by atoms with Crippen molar-refractivity contribution >= 4 is 23.2 Å². The number of hydrogen-bond donors (Lipinski definition) is 2. The van der Waals surface area contributed by atoms with Crippen molar-refractivity contribution in [3.05, 3.63) is 71.3 Å². The monoisotopic (exact) mass is 435 g/mol. The highest BCUT2D eigenvalue weighted by Crippen LogP contribution is 2.31. The Bertz CT molecular complexity index is 1210. The van der Waals surface area contributed by atoms with E-state index in [1.165, 1.54) is 22.9 Å². The van der Waals surface area contributed by atoms with Gasteiger partial charge in [0.1, 0.15) is 23.4 Å². The number of nitrogens with two attached hydrogens (primary N) is 1. The van der Waals surface area contributed by atoms with E-state index >= 15 is 0 Å². The van der Waals surface area contributed by atoms with E-state index in [0.717, 1.165) is 25.1 Å². The van der Waals surface area contributed by atoms with Gasteiger partial charge >= 0.3 is 0 Å². The van der Waals surface area contributed by atoms with Crippen molar-refractivity contribution in [2.45, 2.75) is 25.5 Å². The molecule has 8 nitrogen and oxygen atoms in total. The van der Waals surface area contributed by atoms with Gasteiger partial charge in [0.2, 0.25) is 0 Å². The zero-order chi connectivity index (χ0) is 22.4. The van der Waals surface area contributed by atoms with Crippen molar-refractivity contribution in [1.29, 1.82) is 0 Å². The number of carbonyl (C=O) groups excluding carboxylic acids is 2. The van der Waals surface area contributed by atoms with Crippen LogP contribution in [-0.4, -0.2) is 46.0 Å². The molecule has 0 saturated carbocycles. The molecule has 0 spiro atoms. The topological polar surface area (TPSA) is 105 Å². The van der Waals surface area contributed by atoms with E-state index in [2.05, 4.69) is 5.10 Å². The van der Waals surface area contributed by atoms with Gasteiger partial charge in [0.15, 0.2) is 5.69 Å². The lowest BCUT2D eigenvalue weighted by atomic mass is 10.0. The molecule has 3 aromatic rings. The van der Waals surface area contributed by atoms with Crippen LogP contribution in [0, 0.1) is 5.82 Å². The molecule has 5 rings (SSSR count). The Morgan fingerprint density at radius 1 is 1.09 bits per heavy atom. The zero-order valence-corrected chi connectivity index (χ0v) is 17.2. The number of primary amides is 1. The average Bonchev–Trinajstić information content (AvgIpc) is 3.39. The summed E-state index contributed by atoms with van der Waals surface area (Å²) < 4.78 is 15.7. The molecule has 0 bridgehead atoms. The maximum atomic E-state index is 14.5. The van der Waals surface area contributed by atoms with Crippen molar-refractivity contribution < 1.29 is 19.1 Å². The van der Waals surface area contributed by atoms with Crippen LogP contribution in [0.3, 0.4) is 0 Å². The molecule has 32 heavy (non-hydrogen) atoms. The van der Waals surface area contributed by atoms with Crippen LogP contribution in [0.2, 0.25) is 0 Å². The Labute approximate surface area is 183 Å². The number of aliphatic hydroxyl groups excluding tert-OH is 1. The fourth-order valence-corrected chi connectivity index (χ4v) is 4.48. The zero-order valence-electron chi connectivity index (χ0n) is 17.2. The average molecular weight is 435 g/mol. The number of para-hydroxylation sites is 1. The first kappa shape index (κ1) is 20.2. The minimum absolute atomic E-state index is 0.0189. The third-order valence-corrected chi connectivity index (χ3v) is 6.04. The molecule has 2 aliphatic rings. The van der Waals surface area contributed by atoms with E-state index in [1.54, 1.807) is 11.0 Å². The summed E-state index contributed by atoms with van der Waals surface area (Å²) in [6.45, 7) is 1.12. The lowest BCUT2D eigenvalue weighted by Crippen LogP contribution is -2.39. The van der Waals surface area contributed by atoms with Crippen LogP contribution >= 0.6 is 0 Å². The third kappa shape index (κ3) is 3.21. The van der Waals surface area contributed by atoms with Gasteiger partial charge in [-0.15, -0.1) is 0 Å². The van der Waals surface area contributed by atoms with Gasteiger partial charge in [0.25, 0.3) is 11.8 Å². The molecular formula is C23H22FN5O3. The summed E-state index contributed by atoms with van der Waals surface area (Å²) in [7, 11) is 0. The highest BCUT2D eigenvalue weighted by Gasteiger charge is 2.35.